The number of aliphatic carboxylic acids is 1. The van der Waals surface area contributed by atoms with Gasteiger partial charge >= 0.3 is 202 Å². The molecule has 0 aromatic heterocycles. The molecule has 3 aliphatic rings. The number of halogens is 1. The second-order valence-electron chi connectivity index (χ2n) is 14.2. The molecule has 6 rings (SSSR count). The molecule has 0 bridgehead atoms. The average Bonchev–Trinajstić information content (AvgIpc) is 3.74. The van der Waals surface area contributed by atoms with Gasteiger partial charge in [-0.05, 0) is 23.3 Å². The zero-order valence-corrected chi connectivity index (χ0v) is 30.8. The molecule has 3 aromatic rings. The van der Waals surface area contributed by atoms with Crippen molar-refractivity contribution in [3.8, 4) is 5.75 Å². The third-order valence-corrected chi connectivity index (χ3v) is 13.1. The number of unbranched alkanes of at least 4 members (excludes halogenated alkanes) is 1. The number of rotatable bonds is 13. The number of alkyl halides is 4. The first-order valence-electron chi connectivity index (χ1n) is 17.1. The number of carboxylic acid groups (broad SMARTS) is 1. The number of fused-ring (bicyclic) bond motifs is 2. The molecule has 3 aliphatic heterocycles. The van der Waals surface area contributed by atoms with Crippen molar-refractivity contribution in [2.24, 2.45) is 5.92 Å². The number of anilines is 2. The van der Waals surface area contributed by atoms with E-state index in [1.807, 2.05) is 47.4 Å². The molecule has 1 saturated heterocycles. The normalized spacial score (nSPS) is 20.8. The minimum atomic E-state index is -1.80. The Morgan fingerprint density at radius 3 is 2.60 bits per heavy atom. The molecule has 1 fully saturated rings. The Balaban J connectivity index is 1.30. The van der Waals surface area contributed by atoms with Gasteiger partial charge in [0.15, 0.2) is 0 Å². The Morgan fingerprint density at radius 2 is 1.83 bits per heavy atom. The Bertz CT molecular complexity index is 1670. The molecular weight excluding hydrogens is 717 g/mol. The number of carbonyl (C=O) groups is 3. The Morgan fingerprint density at radius 1 is 1.02 bits per heavy atom. The summed E-state index contributed by atoms with van der Waals surface area (Å²) in [5, 5.41) is 10.8. The van der Waals surface area contributed by atoms with Gasteiger partial charge in [0.25, 0.3) is 0 Å². The molecule has 9 heteroatoms. The second-order valence-corrected chi connectivity index (χ2v) is 26.0. The molecule has 3 atom stereocenters. The van der Waals surface area contributed by atoms with E-state index in [-0.39, 0.29) is 24.3 Å². The van der Waals surface area contributed by atoms with E-state index in [1.165, 1.54) is 5.56 Å². The van der Waals surface area contributed by atoms with Crippen LogP contribution in [0.2, 0.25) is 0 Å². The van der Waals surface area contributed by atoms with Crippen molar-refractivity contribution in [2.45, 2.75) is 55.4 Å². The van der Waals surface area contributed by atoms with E-state index in [0.29, 0.717) is 39.1 Å². The summed E-state index contributed by atoms with van der Waals surface area (Å²) < 4.78 is 6.82. The quantitative estimate of drug-likeness (QED) is 0.213. The fourth-order valence-electron chi connectivity index (χ4n) is 7.69. The van der Waals surface area contributed by atoms with Crippen LogP contribution in [0.25, 0.3) is 0 Å². The molecule has 0 spiro atoms. The summed E-state index contributed by atoms with van der Waals surface area (Å²) in [6.45, 7) is 4.35. The minimum absolute atomic E-state index is 0.0167. The molecule has 3 heterocycles. The van der Waals surface area contributed by atoms with Crippen molar-refractivity contribution in [1.29, 1.82) is 0 Å². The number of ether oxygens (including phenoxy) is 1. The molecular formula is C39H49IN3O5-. The molecule has 0 radical (unpaired) electrons. The monoisotopic (exact) mass is 766 g/mol. The summed E-state index contributed by atoms with van der Waals surface area (Å²) in [5.41, 5.74) is 6.15. The van der Waals surface area contributed by atoms with Gasteiger partial charge in [-0.1, -0.05) is 18.2 Å². The van der Waals surface area contributed by atoms with Gasteiger partial charge in [0.1, 0.15) is 5.75 Å². The van der Waals surface area contributed by atoms with E-state index in [4.69, 9.17) is 4.74 Å². The molecule has 1 N–H and O–H groups in total. The van der Waals surface area contributed by atoms with Crippen LogP contribution < -0.4 is 33.0 Å². The number of likely N-dealkylation sites (tertiary alicyclic amines) is 1. The van der Waals surface area contributed by atoms with E-state index >= 15 is 0 Å². The van der Waals surface area contributed by atoms with Gasteiger partial charge in [-0.15, -0.1) is 0 Å². The number of hydrogen-bond donors (Lipinski definition) is 1. The van der Waals surface area contributed by atoms with Crippen molar-refractivity contribution in [3.63, 3.8) is 0 Å². The molecule has 48 heavy (non-hydrogen) atoms. The summed E-state index contributed by atoms with van der Waals surface area (Å²) in [6.07, 6.45) is 3.46. The summed E-state index contributed by atoms with van der Waals surface area (Å²) in [4.78, 5) is 53.6. The molecule has 0 aliphatic carbocycles. The SMILES string of the molecule is CCCCN(C(=O)CN1C[C@H](c2ccc3c(c2)CCO3)[C@@H](C(=O)O)[C@@H]1CCN1C(=O)Cc2ccccc21)c1cccc(C[I-](C)(C)C)c1. The van der Waals surface area contributed by atoms with E-state index in [9.17, 15) is 19.5 Å². The predicted molar refractivity (Wildman–Crippen MR) is 187 cm³/mol. The summed E-state index contributed by atoms with van der Waals surface area (Å²) in [7, 11) is 0. The van der Waals surface area contributed by atoms with Gasteiger partial charge in [-0.3, -0.25) is 4.79 Å². The fourth-order valence-corrected chi connectivity index (χ4v) is 10.8. The molecule has 258 valence electrons. The average molecular weight is 767 g/mol. The van der Waals surface area contributed by atoms with Gasteiger partial charge in [-0.2, -0.15) is 0 Å². The van der Waals surface area contributed by atoms with Gasteiger partial charge < -0.3 is 4.74 Å². The van der Waals surface area contributed by atoms with Crippen molar-refractivity contribution in [3.05, 3.63) is 89.0 Å². The van der Waals surface area contributed by atoms with Gasteiger partial charge in [0, 0.05) is 12.1 Å². The number of hydrogen-bond acceptors (Lipinski definition) is 5. The number of carbonyl (C=O) groups excluding carboxylic acids is 2. The molecule has 0 unspecified atom stereocenters. The number of nitrogens with zero attached hydrogens (tertiary/aromatic N) is 3. The summed E-state index contributed by atoms with van der Waals surface area (Å²) in [6, 6.07) is 21.9. The van der Waals surface area contributed by atoms with E-state index in [2.05, 4.69) is 50.9 Å². The van der Waals surface area contributed by atoms with Crippen LogP contribution in [0.3, 0.4) is 0 Å². The Kier molecular flexibility index (Phi) is 10.5. The first-order chi connectivity index (χ1) is 23.0. The van der Waals surface area contributed by atoms with Crippen LogP contribution >= 0.6 is 0 Å². The van der Waals surface area contributed by atoms with E-state index in [1.54, 1.807) is 4.90 Å². The van der Waals surface area contributed by atoms with E-state index < -0.39 is 36.4 Å². The molecule has 0 saturated carbocycles. The topological polar surface area (TPSA) is 90.4 Å². The van der Waals surface area contributed by atoms with E-state index in [0.717, 1.165) is 57.5 Å². The van der Waals surface area contributed by atoms with Crippen LogP contribution in [-0.2, 0) is 31.7 Å². The van der Waals surface area contributed by atoms with Gasteiger partial charge in [-0.25, -0.2) is 0 Å². The van der Waals surface area contributed by atoms with Crippen LogP contribution in [0.1, 0.15) is 54.4 Å². The standard InChI is InChI=1S/C39H49IN3O5/c1-5-6-18-42(31-12-9-10-27(21-31)24-40(2,3)4)37(45)26-41-25-32(28-14-15-35-30(22-28)17-20-48-35)38(39(46)47)34(41)16-19-43-33-13-8-7-11-29(33)23-36(43)44/h7-15,21-22,32,34,38H,5-6,16-20,23-26H2,1-4H3,(H,46,47)/q-1/t32-,34+,38-/m1/s1. The molecule has 3 aromatic carbocycles. The molecule has 2 amide bonds. The summed E-state index contributed by atoms with van der Waals surface area (Å²) >= 11 is -1.80. The van der Waals surface area contributed by atoms with Crippen LogP contribution in [0.4, 0.5) is 11.4 Å². The van der Waals surface area contributed by atoms with Crippen LogP contribution in [0.5, 0.6) is 5.75 Å². The number of benzene rings is 3. The number of amides is 2. The van der Waals surface area contributed by atoms with Crippen LogP contribution in [-0.4, -0.2) is 81.4 Å². The Hall–Kier alpha value is -3.44. The van der Waals surface area contributed by atoms with Crippen molar-refractivity contribution in [2.75, 3.05) is 57.4 Å². The number of para-hydroxylation sites is 1. The van der Waals surface area contributed by atoms with Crippen molar-refractivity contribution in [1.82, 2.24) is 4.90 Å². The van der Waals surface area contributed by atoms with Crippen LogP contribution in [0.15, 0.2) is 66.7 Å². The maximum absolute atomic E-state index is 14.4. The van der Waals surface area contributed by atoms with Crippen LogP contribution in [0, 0.1) is 5.92 Å². The zero-order chi connectivity index (χ0) is 34.0. The number of carboxylic acids is 1. The summed E-state index contributed by atoms with van der Waals surface area (Å²) in [5.74, 6) is -1.01. The molecule has 8 nitrogen and oxygen atoms in total. The first-order valence-corrected chi connectivity index (χ1v) is 25.1. The zero-order valence-electron chi connectivity index (χ0n) is 28.7. The first kappa shape index (κ1) is 34.4. The fraction of sp³-hybridized carbons (Fsp3) is 0.462. The predicted octanol–water partition coefficient (Wildman–Crippen LogP) is 2.45. The van der Waals surface area contributed by atoms with Gasteiger partial charge in [0.2, 0.25) is 5.91 Å². The second kappa shape index (κ2) is 14.6. The maximum atomic E-state index is 14.4. The third-order valence-electron chi connectivity index (χ3n) is 9.90. The van der Waals surface area contributed by atoms with Gasteiger partial charge in [0.05, 0.1) is 13.0 Å². The Labute approximate surface area is 288 Å². The van der Waals surface area contributed by atoms with Crippen molar-refractivity contribution < 1.29 is 42.7 Å². The van der Waals surface area contributed by atoms with Crippen molar-refractivity contribution >= 4 is 29.2 Å². The third kappa shape index (κ3) is 7.57.